The summed E-state index contributed by atoms with van der Waals surface area (Å²) < 4.78 is 37.4. The molecule has 0 spiro atoms. The Hall–Kier alpha value is -2.12. The molecule has 0 radical (unpaired) electrons. The van der Waals surface area contributed by atoms with E-state index in [9.17, 15) is 13.2 Å². The van der Waals surface area contributed by atoms with E-state index in [0.29, 0.717) is 22.9 Å². The number of nitrogens with one attached hydrogen (secondary N) is 2. The van der Waals surface area contributed by atoms with Crippen molar-refractivity contribution in [2.45, 2.75) is 11.8 Å². The Morgan fingerprint density at radius 1 is 1.21 bits per heavy atom. The number of azo groups is 1. The van der Waals surface area contributed by atoms with Crippen molar-refractivity contribution in [2.24, 2.45) is 10.2 Å². The van der Waals surface area contributed by atoms with Crippen LogP contribution in [0.4, 0.5) is 22.7 Å². The van der Waals surface area contributed by atoms with Crippen molar-refractivity contribution < 1.29 is 21.9 Å². The monoisotopic (exact) mass is 456 g/mol. The van der Waals surface area contributed by atoms with Crippen LogP contribution in [0.2, 0.25) is 0 Å². The van der Waals surface area contributed by atoms with E-state index < -0.39 is 9.84 Å². The molecule has 2 aromatic carbocycles. The second-order valence-corrected chi connectivity index (χ2v) is 8.47. The molecule has 0 aliphatic rings. The van der Waals surface area contributed by atoms with Gasteiger partial charge >= 0.3 is 0 Å². The largest absolute Gasteiger partial charge is 0.376 e. The molecule has 3 N–H and O–H groups in total. The Kier molecular flexibility index (Phi) is 8.92. The molecule has 0 heterocycles. The van der Waals surface area contributed by atoms with Crippen molar-refractivity contribution in [1.82, 2.24) is 0 Å². The minimum Gasteiger partial charge on any atom is -0.376 e. The Balaban J connectivity index is 2.18. The first kappa shape index (κ1) is 23.2. The van der Waals surface area contributed by atoms with E-state index >= 15 is 0 Å². The zero-order valence-electron chi connectivity index (χ0n) is 15.4. The molecule has 29 heavy (non-hydrogen) atoms. The average Bonchev–Trinajstić information content (AvgIpc) is 2.68. The van der Waals surface area contributed by atoms with Crippen molar-refractivity contribution in [3.05, 3.63) is 42.5 Å². The van der Waals surface area contributed by atoms with Crippen LogP contribution < -0.4 is 10.6 Å². The summed E-state index contributed by atoms with van der Waals surface area (Å²) in [5.74, 6) is -0.0722. The molecule has 0 saturated heterocycles. The number of hydrogen-bond acceptors (Lipinski definition) is 10. The Bertz CT molecular complexity index is 966. The molecule has 0 atom stereocenters. The number of benzene rings is 2. The quantitative estimate of drug-likeness (QED) is 0.138. The molecule has 1 amide bonds. The van der Waals surface area contributed by atoms with Crippen LogP contribution in [0.1, 0.15) is 6.92 Å². The van der Waals surface area contributed by atoms with E-state index in [1.165, 1.54) is 31.2 Å². The molecule has 12 heteroatoms. The summed E-state index contributed by atoms with van der Waals surface area (Å²) in [7, 11) is -3.53. The number of sulfone groups is 1. The zero-order chi connectivity index (χ0) is 21.3. The van der Waals surface area contributed by atoms with Crippen LogP contribution in [0.15, 0.2) is 57.6 Å². The average molecular weight is 457 g/mol. The van der Waals surface area contributed by atoms with Gasteiger partial charge in [0.2, 0.25) is 5.91 Å². The molecule has 0 bridgehead atoms. The summed E-state index contributed by atoms with van der Waals surface area (Å²) in [6, 6.07) is 11.1. The maximum atomic E-state index is 12.2. The molecular formula is C17H20N4O5S3. The number of rotatable bonds is 10. The van der Waals surface area contributed by atoms with Gasteiger partial charge in [0.05, 0.1) is 34.5 Å². The highest BCUT2D eigenvalue weighted by Gasteiger charge is 2.14. The fraction of sp³-hybridized carbons (Fsp3) is 0.235. The molecule has 0 aromatic heterocycles. The van der Waals surface area contributed by atoms with Crippen LogP contribution in [0.5, 0.6) is 0 Å². The lowest BCUT2D eigenvalue weighted by Gasteiger charge is -2.09. The summed E-state index contributed by atoms with van der Waals surface area (Å²) >= 11 is 4.23. The topological polar surface area (TPSA) is 129 Å². The summed E-state index contributed by atoms with van der Waals surface area (Å²) in [4.78, 5) is 11.5. The number of anilines is 2. The number of hydrogen-bond donors (Lipinski definition) is 4. The highest BCUT2D eigenvalue weighted by Crippen LogP contribution is 2.30. The van der Waals surface area contributed by atoms with Gasteiger partial charge in [-0.1, -0.05) is 0 Å². The maximum absolute atomic E-state index is 12.2. The normalized spacial score (nSPS) is 11.6. The van der Waals surface area contributed by atoms with Gasteiger partial charge in [-0.15, -0.1) is 5.11 Å². The molecule has 0 aliphatic carbocycles. The van der Waals surface area contributed by atoms with Crippen molar-refractivity contribution in [1.29, 1.82) is 0 Å². The van der Waals surface area contributed by atoms with Crippen molar-refractivity contribution >= 4 is 63.4 Å². The predicted octanol–water partition coefficient (Wildman–Crippen LogP) is 4.27. The Morgan fingerprint density at radius 2 is 1.93 bits per heavy atom. The minimum atomic E-state index is -3.53. The minimum absolute atomic E-state index is 0.115. The van der Waals surface area contributed by atoms with Gasteiger partial charge in [0, 0.05) is 12.6 Å². The highest BCUT2D eigenvalue weighted by atomic mass is 32.2. The van der Waals surface area contributed by atoms with E-state index in [-0.39, 0.29) is 35.5 Å². The number of thiol groups is 1. The predicted molar refractivity (Wildman–Crippen MR) is 117 cm³/mol. The SMILES string of the molecule is CC(=O)Nc1cc(NCS)ccc1/N=N/c1ccc(S(=O)(=O)CCOSO)cc1. The number of carbonyl (C=O) groups excluding carboxylic acids is 1. The smallest absolute Gasteiger partial charge is 0.221 e. The van der Waals surface area contributed by atoms with E-state index in [0.717, 1.165) is 5.69 Å². The molecule has 0 unspecified atom stereocenters. The van der Waals surface area contributed by atoms with Gasteiger partial charge in [0.15, 0.2) is 22.2 Å². The lowest BCUT2D eigenvalue weighted by Crippen LogP contribution is -2.10. The highest BCUT2D eigenvalue weighted by molar-refractivity contribution is 7.91. The van der Waals surface area contributed by atoms with E-state index in [4.69, 9.17) is 4.55 Å². The van der Waals surface area contributed by atoms with Crippen molar-refractivity contribution in [2.75, 3.05) is 28.9 Å². The zero-order valence-corrected chi connectivity index (χ0v) is 17.9. The summed E-state index contributed by atoms with van der Waals surface area (Å²) in [6.45, 7) is 1.26. The second-order valence-electron chi connectivity index (χ2n) is 5.66. The molecule has 9 nitrogen and oxygen atoms in total. The van der Waals surface area contributed by atoms with E-state index in [2.05, 4.69) is 37.7 Å². The molecular weight excluding hydrogens is 436 g/mol. The fourth-order valence-corrected chi connectivity index (χ4v) is 3.78. The van der Waals surface area contributed by atoms with E-state index in [1.807, 2.05) is 0 Å². The molecule has 0 aliphatic heterocycles. The van der Waals surface area contributed by atoms with Crippen LogP contribution in [0.3, 0.4) is 0 Å². The third-order valence-electron chi connectivity index (χ3n) is 3.55. The van der Waals surface area contributed by atoms with Gasteiger partial charge in [-0.25, -0.2) is 8.42 Å². The molecule has 0 saturated carbocycles. The second kappa shape index (κ2) is 11.2. The van der Waals surface area contributed by atoms with Gasteiger partial charge < -0.3 is 15.2 Å². The van der Waals surface area contributed by atoms with Gasteiger partial charge in [-0.2, -0.15) is 17.7 Å². The number of amides is 1. The van der Waals surface area contributed by atoms with Crippen LogP contribution in [-0.4, -0.2) is 37.1 Å². The third-order valence-corrected chi connectivity index (χ3v) is 5.67. The standard InChI is InChI=1S/C17H20N4O5S3/c1-12(22)19-17-10-14(18-11-27)4-7-16(17)21-20-13-2-5-15(6-3-13)29(24,25)9-8-26-28-23/h2-7,10,18,23,27H,8-9,11H2,1H3,(H,19,22)/b21-20+. The first-order valence-electron chi connectivity index (χ1n) is 8.29. The van der Waals surface area contributed by atoms with Gasteiger partial charge in [0.25, 0.3) is 0 Å². The molecule has 156 valence electrons. The number of nitrogens with zero attached hydrogens (tertiary/aromatic N) is 2. The molecule has 0 fully saturated rings. The summed E-state index contributed by atoms with van der Waals surface area (Å²) in [5, 5.41) is 14.0. The van der Waals surface area contributed by atoms with Gasteiger partial charge in [0.1, 0.15) is 5.69 Å². The lowest BCUT2D eigenvalue weighted by molar-refractivity contribution is -0.114. The lowest BCUT2D eigenvalue weighted by atomic mass is 10.2. The number of carbonyl (C=O) groups is 1. The molecule has 2 rings (SSSR count). The fourth-order valence-electron chi connectivity index (χ4n) is 2.24. The van der Waals surface area contributed by atoms with Crippen LogP contribution in [0.25, 0.3) is 0 Å². The van der Waals surface area contributed by atoms with Crippen molar-refractivity contribution in [3.8, 4) is 0 Å². The van der Waals surface area contributed by atoms with Crippen LogP contribution >= 0.6 is 25.0 Å². The van der Waals surface area contributed by atoms with E-state index in [1.54, 1.807) is 18.2 Å². The van der Waals surface area contributed by atoms with Crippen LogP contribution in [-0.2, 0) is 18.8 Å². The van der Waals surface area contributed by atoms with Gasteiger partial charge in [-0.05, 0) is 42.5 Å². The third kappa shape index (κ3) is 7.33. The summed E-state index contributed by atoms with van der Waals surface area (Å²) in [6.07, 6.45) is 0. The Labute approximate surface area is 178 Å². The molecule has 2 aromatic rings. The van der Waals surface area contributed by atoms with Gasteiger partial charge in [-0.3, -0.25) is 8.98 Å². The first-order chi connectivity index (χ1) is 13.9. The first-order valence-corrected chi connectivity index (χ1v) is 11.3. The van der Waals surface area contributed by atoms with Crippen molar-refractivity contribution in [3.63, 3.8) is 0 Å². The maximum Gasteiger partial charge on any atom is 0.221 e. The van der Waals surface area contributed by atoms with Crippen LogP contribution in [0, 0.1) is 0 Å². The summed E-state index contributed by atoms with van der Waals surface area (Å²) in [5.41, 5.74) is 2.13. The Morgan fingerprint density at radius 3 is 2.55 bits per heavy atom.